The summed E-state index contributed by atoms with van der Waals surface area (Å²) in [6.07, 6.45) is 1.97. The highest BCUT2D eigenvalue weighted by molar-refractivity contribution is 5.83. The number of hydrogen-bond acceptors (Lipinski definition) is 2. The molecule has 1 aliphatic rings. The molecule has 0 aromatic rings. The predicted octanol–water partition coefficient (Wildman–Crippen LogP) is 0.976. The average Bonchev–Trinajstić information content (AvgIpc) is 2.03. The topological polar surface area (TPSA) is 37.4 Å². The Morgan fingerprint density at radius 2 is 2.33 bits per heavy atom. The van der Waals surface area contributed by atoms with Gasteiger partial charge in [-0.25, -0.2) is 0 Å². The van der Waals surface area contributed by atoms with E-state index in [4.69, 9.17) is 0 Å². The van der Waals surface area contributed by atoms with Gasteiger partial charge in [0.2, 0.25) is 5.91 Å². The first-order valence-electron chi connectivity index (χ1n) is 4.44. The highest BCUT2D eigenvalue weighted by atomic mass is 16.2. The standard InChI is InChI=1S/C9H15NO2/c1-3-8-6-9(12)4-5-10(8)7(2)11/h8H,3-6H2,1-2H3. The van der Waals surface area contributed by atoms with Crippen LogP contribution in [0.2, 0.25) is 0 Å². The summed E-state index contributed by atoms with van der Waals surface area (Å²) in [6, 6.07) is 0.156. The molecule has 0 spiro atoms. The molecule has 0 aromatic carbocycles. The van der Waals surface area contributed by atoms with E-state index in [0.717, 1.165) is 6.42 Å². The lowest BCUT2D eigenvalue weighted by Gasteiger charge is -2.33. The van der Waals surface area contributed by atoms with E-state index >= 15 is 0 Å². The molecule has 0 N–H and O–H groups in total. The van der Waals surface area contributed by atoms with Crippen molar-refractivity contribution >= 4 is 11.7 Å². The lowest BCUT2D eigenvalue weighted by Crippen LogP contribution is -2.44. The molecular weight excluding hydrogens is 154 g/mol. The maximum absolute atomic E-state index is 11.1. The molecule has 1 heterocycles. The Kier molecular flexibility index (Phi) is 2.84. The molecular formula is C9H15NO2. The minimum Gasteiger partial charge on any atom is -0.339 e. The number of Topliss-reactive ketones (excluding diaryl/α,β-unsaturated/α-hetero) is 1. The van der Waals surface area contributed by atoms with Crippen molar-refractivity contribution in [2.45, 2.75) is 39.2 Å². The number of nitrogens with zero attached hydrogens (tertiary/aromatic N) is 1. The lowest BCUT2D eigenvalue weighted by atomic mass is 9.99. The average molecular weight is 169 g/mol. The first-order valence-corrected chi connectivity index (χ1v) is 4.44. The van der Waals surface area contributed by atoms with Gasteiger partial charge in [-0.15, -0.1) is 0 Å². The highest BCUT2D eigenvalue weighted by Gasteiger charge is 2.26. The Balaban J connectivity index is 2.62. The van der Waals surface area contributed by atoms with Crippen molar-refractivity contribution in [2.24, 2.45) is 0 Å². The van der Waals surface area contributed by atoms with Gasteiger partial charge in [-0.2, -0.15) is 0 Å². The van der Waals surface area contributed by atoms with Gasteiger partial charge in [-0.1, -0.05) is 6.92 Å². The molecule has 1 amide bonds. The van der Waals surface area contributed by atoms with Crippen LogP contribution in [0.1, 0.15) is 33.1 Å². The highest BCUT2D eigenvalue weighted by Crippen LogP contribution is 2.16. The summed E-state index contributed by atoms with van der Waals surface area (Å²) in [7, 11) is 0. The summed E-state index contributed by atoms with van der Waals surface area (Å²) in [5.74, 6) is 0.383. The fraction of sp³-hybridized carbons (Fsp3) is 0.778. The van der Waals surface area contributed by atoms with Crippen LogP contribution in [0.4, 0.5) is 0 Å². The van der Waals surface area contributed by atoms with Crippen LogP contribution in [0.15, 0.2) is 0 Å². The molecule has 1 rings (SSSR count). The Bertz CT molecular complexity index is 201. The largest absolute Gasteiger partial charge is 0.339 e. The molecule has 0 aliphatic carbocycles. The van der Waals surface area contributed by atoms with Gasteiger partial charge in [-0.3, -0.25) is 9.59 Å². The van der Waals surface area contributed by atoms with E-state index in [1.54, 1.807) is 11.8 Å². The van der Waals surface area contributed by atoms with Crippen LogP contribution in [-0.2, 0) is 9.59 Å². The van der Waals surface area contributed by atoms with E-state index in [9.17, 15) is 9.59 Å². The van der Waals surface area contributed by atoms with Gasteiger partial charge in [-0.05, 0) is 6.42 Å². The third-order valence-corrected chi connectivity index (χ3v) is 2.41. The Hall–Kier alpha value is -0.860. The van der Waals surface area contributed by atoms with Crippen LogP contribution < -0.4 is 0 Å². The Morgan fingerprint density at radius 3 is 2.83 bits per heavy atom. The number of piperidine rings is 1. The molecule has 12 heavy (non-hydrogen) atoms. The summed E-state index contributed by atoms with van der Waals surface area (Å²) in [5, 5.41) is 0. The fourth-order valence-corrected chi connectivity index (χ4v) is 1.68. The summed E-state index contributed by atoms with van der Waals surface area (Å²) in [5.41, 5.74) is 0. The first kappa shape index (κ1) is 9.23. The molecule has 1 atom stereocenters. The molecule has 1 aliphatic heterocycles. The SMILES string of the molecule is CCC1CC(=O)CCN1C(C)=O. The van der Waals surface area contributed by atoms with Gasteiger partial charge in [0.05, 0.1) is 0 Å². The first-order chi connectivity index (χ1) is 5.65. The predicted molar refractivity (Wildman–Crippen MR) is 45.7 cm³/mol. The van der Waals surface area contributed by atoms with Crippen molar-refractivity contribution in [3.05, 3.63) is 0 Å². The Morgan fingerprint density at radius 1 is 1.67 bits per heavy atom. The van der Waals surface area contributed by atoms with Crippen LogP contribution in [0.25, 0.3) is 0 Å². The summed E-state index contributed by atoms with van der Waals surface area (Å²) in [6.45, 7) is 4.20. The van der Waals surface area contributed by atoms with Crippen LogP contribution in [0.3, 0.4) is 0 Å². The van der Waals surface area contributed by atoms with Crippen LogP contribution >= 0.6 is 0 Å². The third-order valence-electron chi connectivity index (χ3n) is 2.41. The number of carbonyl (C=O) groups excluding carboxylic acids is 2. The smallest absolute Gasteiger partial charge is 0.219 e. The molecule has 0 aromatic heterocycles. The Labute approximate surface area is 72.7 Å². The number of ketones is 1. The van der Waals surface area contributed by atoms with Crippen LogP contribution in [0, 0.1) is 0 Å². The second-order valence-electron chi connectivity index (χ2n) is 3.27. The maximum Gasteiger partial charge on any atom is 0.219 e. The third kappa shape index (κ3) is 1.84. The van der Waals surface area contributed by atoms with Crippen molar-refractivity contribution in [1.82, 2.24) is 4.90 Å². The van der Waals surface area contributed by atoms with E-state index in [1.807, 2.05) is 6.92 Å². The maximum atomic E-state index is 11.1. The normalized spacial score (nSPS) is 24.3. The number of rotatable bonds is 1. The zero-order valence-electron chi connectivity index (χ0n) is 7.67. The van der Waals surface area contributed by atoms with Gasteiger partial charge < -0.3 is 4.90 Å². The molecule has 3 nitrogen and oxygen atoms in total. The quantitative estimate of drug-likeness (QED) is 0.586. The number of likely N-dealkylation sites (tertiary alicyclic amines) is 1. The van der Waals surface area contributed by atoms with E-state index in [-0.39, 0.29) is 11.9 Å². The van der Waals surface area contributed by atoms with Crippen molar-refractivity contribution in [3.8, 4) is 0 Å². The van der Waals surface area contributed by atoms with Crippen molar-refractivity contribution < 1.29 is 9.59 Å². The molecule has 1 fully saturated rings. The zero-order valence-corrected chi connectivity index (χ0v) is 7.67. The van der Waals surface area contributed by atoms with E-state index in [1.165, 1.54) is 0 Å². The van der Waals surface area contributed by atoms with Crippen molar-refractivity contribution in [2.75, 3.05) is 6.54 Å². The second kappa shape index (κ2) is 3.70. The molecule has 1 saturated heterocycles. The minimum absolute atomic E-state index is 0.0920. The molecule has 68 valence electrons. The van der Waals surface area contributed by atoms with E-state index in [0.29, 0.717) is 25.2 Å². The van der Waals surface area contributed by atoms with Gasteiger partial charge in [0.25, 0.3) is 0 Å². The van der Waals surface area contributed by atoms with Gasteiger partial charge in [0, 0.05) is 32.4 Å². The monoisotopic (exact) mass is 169 g/mol. The van der Waals surface area contributed by atoms with Crippen LogP contribution in [0.5, 0.6) is 0 Å². The summed E-state index contributed by atoms with van der Waals surface area (Å²) in [4.78, 5) is 24.0. The molecule has 1 unspecified atom stereocenters. The van der Waals surface area contributed by atoms with Gasteiger partial charge in [0.15, 0.2) is 0 Å². The molecule has 0 saturated carbocycles. The zero-order chi connectivity index (χ0) is 9.14. The number of carbonyl (C=O) groups is 2. The van der Waals surface area contributed by atoms with Crippen molar-refractivity contribution in [1.29, 1.82) is 0 Å². The summed E-state index contributed by atoms with van der Waals surface area (Å²) >= 11 is 0. The van der Waals surface area contributed by atoms with E-state index in [2.05, 4.69) is 0 Å². The molecule has 0 radical (unpaired) electrons. The molecule has 3 heteroatoms. The van der Waals surface area contributed by atoms with Gasteiger partial charge in [0.1, 0.15) is 5.78 Å². The summed E-state index contributed by atoms with van der Waals surface area (Å²) < 4.78 is 0. The van der Waals surface area contributed by atoms with Crippen molar-refractivity contribution in [3.63, 3.8) is 0 Å². The lowest BCUT2D eigenvalue weighted by molar-refractivity contribution is -0.136. The number of hydrogen-bond donors (Lipinski definition) is 0. The number of amides is 1. The molecule has 0 bridgehead atoms. The second-order valence-corrected chi connectivity index (χ2v) is 3.27. The minimum atomic E-state index is 0.0920. The van der Waals surface area contributed by atoms with E-state index < -0.39 is 0 Å². The van der Waals surface area contributed by atoms with Gasteiger partial charge >= 0.3 is 0 Å². The fourth-order valence-electron chi connectivity index (χ4n) is 1.68. The van der Waals surface area contributed by atoms with Crippen LogP contribution in [-0.4, -0.2) is 29.2 Å².